The number of anilines is 1. The van der Waals surface area contributed by atoms with Gasteiger partial charge in [0, 0.05) is 25.2 Å². The molecule has 0 saturated heterocycles. The molecule has 108 valence electrons. The summed E-state index contributed by atoms with van der Waals surface area (Å²) < 4.78 is 0.847. The number of hydrogen-bond acceptors (Lipinski definition) is 6. The van der Waals surface area contributed by atoms with Gasteiger partial charge in [0.1, 0.15) is 5.69 Å². The highest BCUT2D eigenvalue weighted by molar-refractivity contribution is 7.18. The zero-order valence-electron chi connectivity index (χ0n) is 11.8. The van der Waals surface area contributed by atoms with Gasteiger partial charge >= 0.3 is 0 Å². The van der Waals surface area contributed by atoms with E-state index in [4.69, 9.17) is 0 Å². The first kappa shape index (κ1) is 14.7. The second-order valence-corrected chi connectivity index (χ2v) is 6.10. The first-order chi connectivity index (χ1) is 9.47. The van der Waals surface area contributed by atoms with E-state index in [0.717, 1.165) is 21.8 Å². The van der Waals surface area contributed by atoms with Gasteiger partial charge in [-0.05, 0) is 13.0 Å². The highest BCUT2D eigenvalue weighted by Crippen LogP contribution is 2.32. The molecule has 0 amide bonds. The number of hydrogen-bond donors (Lipinski definition) is 2. The van der Waals surface area contributed by atoms with Gasteiger partial charge < -0.3 is 10.6 Å². The Labute approximate surface area is 121 Å². The molecule has 20 heavy (non-hydrogen) atoms. The van der Waals surface area contributed by atoms with Crippen LogP contribution in [0.3, 0.4) is 0 Å². The molecule has 0 fully saturated rings. The molecule has 0 radical (unpaired) electrons. The molecule has 2 rings (SSSR count). The average molecular weight is 294 g/mol. The smallest absolute Gasteiger partial charge is 0.293 e. The summed E-state index contributed by atoms with van der Waals surface area (Å²) in [6.07, 6.45) is 0. The summed E-state index contributed by atoms with van der Waals surface area (Å²) >= 11 is 1.47. The maximum atomic E-state index is 11.1. The van der Waals surface area contributed by atoms with Crippen molar-refractivity contribution < 1.29 is 4.92 Å². The van der Waals surface area contributed by atoms with Gasteiger partial charge in [0.05, 0.1) is 20.1 Å². The molecule has 0 bridgehead atoms. The summed E-state index contributed by atoms with van der Waals surface area (Å²) in [5.74, 6) is 0. The van der Waals surface area contributed by atoms with Gasteiger partial charge in [-0.1, -0.05) is 13.8 Å². The summed E-state index contributed by atoms with van der Waals surface area (Å²) in [5, 5.41) is 18.4. The van der Waals surface area contributed by atoms with Crippen LogP contribution in [0.25, 0.3) is 10.2 Å². The van der Waals surface area contributed by atoms with Crippen LogP contribution in [0.2, 0.25) is 0 Å². The van der Waals surface area contributed by atoms with Crippen molar-refractivity contribution in [3.63, 3.8) is 0 Å². The largest absolute Gasteiger partial charge is 0.378 e. The van der Waals surface area contributed by atoms with E-state index >= 15 is 0 Å². The topological polar surface area (TPSA) is 80.1 Å². The van der Waals surface area contributed by atoms with E-state index in [1.54, 1.807) is 12.1 Å². The molecule has 0 atom stereocenters. The van der Waals surface area contributed by atoms with Crippen LogP contribution in [-0.2, 0) is 0 Å². The lowest BCUT2D eigenvalue weighted by Gasteiger charge is -2.10. The summed E-state index contributed by atoms with van der Waals surface area (Å²) in [6.45, 7) is 7.41. The number of aromatic nitrogens is 1. The minimum Gasteiger partial charge on any atom is -0.378 e. The van der Waals surface area contributed by atoms with Crippen LogP contribution in [0.4, 0.5) is 11.4 Å². The molecule has 0 aliphatic rings. The van der Waals surface area contributed by atoms with E-state index < -0.39 is 0 Å². The number of thiazole rings is 1. The predicted octanol–water partition coefficient (Wildman–Crippen LogP) is 2.92. The molecule has 0 saturated carbocycles. The van der Waals surface area contributed by atoms with E-state index in [9.17, 15) is 10.1 Å². The lowest BCUT2D eigenvalue weighted by Crippen LogP contribution is -2.28. The average Bonchev–Trinajstić information content (AvgIpc) is 2.72. The van der Waals surface area contributed by atoms with Crippen LogP contribution in [0.5, 0.6) is 0 Å². The number of nitrogens with one attached hydrogen (secondary N) is 2. The quantitative estimate of drug-likeness (QED) is 0.486. The van der Waals surface area contributed by atoms with Gasteiger partial charge in [0.25, 0.3) is 5.69 Å². The van der Waals surface area contributed by atoms with Crippen molar-refractivity contribution in [3.05, 3.63) is 27.3 Å². The van der Waals surface area contributed by atoms with Gasteiger partial charge in [-0.3, -0.25) is 10.1 Å². The molecule has 6 nitrogen and oxygen atoms in total. The molecule has 7 heteroatoms. The Bertz CT molecular complexity index is 624. The Balaban J connectivity index is 2.20. The standard InChI is InChI=1S/C13H18N4O2S/c1-8(2)14-4-5-15-10-6-11-13(20-9(3)16-11)7-12(10)17(18)19/h6-8,14-15H,4-5H2,1-3H3. The Morgan fingerprint density at radius 3 is 2.80 bits per heavy atom. The monoisotopic (exact) mass is 294 g/mol. The normalized spacial score (nSPS) is 11.2. The molecular formula is C13H18N4O2S. The highest BCUT2D eigenvalue weighted by atomic mass is 32.1. The number of nitrogens with zero attached hydrogens (tertiary/aromatic N) is 2. The Hall–Kier alpha value is -1.73. The molecule has 1 heterocycles. The van der Waals surface area contributed by atoms with E-state index in [-0.39, 0.29) is 10.6 Å². The summed E-state index contributed by atoms with van der Waals surface area (Å²) in [4.78, 5) is 15.2. The van der Waals surface area contributed by atoms with Crippen molar-refractivity contribution >= 4 is 32.9 Å². The van der Waals surface area contributed by atoms with Crippen molar-refractivity contribution in [2.45, 2.75) is 26.8 Å². The summed E-state index contributed by atoms with van der Waals surface area (Å²) in [7, 11) is 0. The molecule has 2 aromatic rings. The Morgan fingerprint density at radius 1 is 1.40 bits per heavy atom. The summed E-state index contributed by atoms with van der Waals surface area (Å²) in [5.41, 5.74) is 1.43. The highest BCUT2D eigenvalue weighted by Gasteiger charge is 2.16. The van der Waals surface area contributed by atoms with Crippen molar-refractivity contribution in [3.8, 4) is 0 Å². The van der Waals surface area contributed by atoms with E-state index in [2.05, 4.69) is 29.5 Å². The van der Waals surface area contributed by atoms with Crippen molar-refractivity contribution in [1.82, 2.24) is 10.3 Å². The second kappa shape index (κ2) is 6.15. The molecule has 0 aliphatic carbocycles. The summed E-state index contributed by atoms with van der Waals surface area (Å²) in [6, 6.07) is 3.75. The first-order valence-corrected chi connectivity index (χ1v) is 7.32. The third-order valence-corrected chi connectivity index (χ3v) is 3.74. The lowest BCUT2D eigenvalue weighted by molar-refractivity contribution is -0.383. The molecule has 0 aliphatic heterocycles. The van der Waals surface area contributed by atoms with E-state index in [0.29, 0.717) is 18.3 Å². The van der Waals surface area contributed by atoms with Crippen LogP contribution in [0.15, 0.2) is 12.1 Å². The molecule has 1 aromatic carbocycles. The molecule has 0 unspecified atom stereocenters. The van der Waals surface area contributed by atoms with Crippen LogP contribution in [0, 0.1) is 17.0 Å². The number of aryl methyl sites for hydroxylation is 1. The predicted molar refractivity (Wildman–Crippen MR) is 82.6 cm³/mol. The number of nitro benzene ring substituents is 1. The number of rotatable bonds is 6. The lowest BCUT2D eigenvalue weighted by atomic mass is 10.2. The van der Waals surface area contributed by atoms with Crippen molar-refractivity contribution in [2.75, 3.05) is 18.4 Å². The minimum absolute atomic E-state index is 0.102. The third kappa shape index (κ3) is 3.43. The van der Waals surface area contributed by atoms with Gasteiger partial charge in [-0.15, -0.1) is 11.3 Å². The van der Waals surface area contributed by atoms with Crippen LogP contribution >= 0.6 is 11.3 Å². The first-order valence-electron chi connectivity index (χ1n) is 6.50. The molecular weight excluding hydrogens is 276 g/mol. The van der Waals surface area contributed by atoms with Crippen LogP contribution < -0.4 is 10.6 Å². The van der Waals surface area contributed by atoms with Crippen LogP contribution in [-0.4, -0.2) is 29.0 Å². The number of benzene rings is 1. The fourth-order valence-corrected chi connectivity index (χ4v) is 2.77. The Kier molecular flexibility index (Phi) is 4.51. The zero-order valence-corrected chi connectivity index (χ0v) is 12.6. The van der Waals surface area contributed by atoms with Crippen molar-refractivity contribution in [1.29, 1.82) is 0 Å². The van der Waals surface area contributed by atoms with Gasteiger partial charge in [-0.2, -0.15) is 0 Å². The second-order valence-electron chi connectivity index (χ2n) is 4.86. The fourth-order valence-electron chi connectivity index (χ4n) is 1.93. The number of fused-ring (bicyclic) bond motifs is 1. The molecule has 2 N–H and O–H groups in total. The third-order valence-electron chi connectivity index (χ3n) is 2.80. The maximum Gasteiger partial charge on any atom is 0.293 e. The van der Waals surface area contributed by atoms with Gasteiger partial charge in [0.15, 0.2) is 0 Å². The van der Waals surface area contributed by atoms with Crippen LogP contribution in [0.1, 0.15) is 18.9 Å². The van der Waals surface area contributed by atoms with Gasteiger partial charge in [-0.25, -0.2) is 4.98 Å². The fraction of sp³-hybridized carbons (Fsp3) is 0.462. The van der Waals surface area contributed by atoms with Gasteiger partial charge in [0.2, 0.25) is 0 Å². The van der Waals surface area contributed by atoms with Crippen molar-refractivity contribution in [2.24, 2.45) is 0 Å². The Morgan fingerprint density at radius 2 is 2.15 bits per heavy atom. The SMILES string of the molecule is Cc1nc2cc(NCCNC(C)C)c([N+](=O)[O-])cc2s1. The van der Waals surface area contributed by atoms with E-state index in [1.165, 1.54) is 11.3 Å². The zero-order chi connectivity index (χ0) is 14.7. The molecule has 0 spiro atoms. The minimum atomic E-state index is -0.354. The molecule has 1 aromatic heterocycles. The van der Waals surface area contributed by atoms with E-state index in [1.807, 2.05) is 6.92 Å². The maximum absolute atomic E-state index is 11.1. The number of nitro groups is 1.